The molecular weight excluding hydrogens is 484 g/mol. The van der Waals surface area contributed by atoms with Gasteiger partial charge >= 0.3 is 5.91 Å². The number of thiazole rings is 1. The molecule has 6 nitrogen and oxygen atoms in total. The van der Waals surface area contributed by atoms with Crippen molar-refractivity contribution < 1.29 is 19.4 Å². The first-order valence-corrected chi connectivity index (χ1v) is 12.3. The molecule has 35 heavy (non-hydrogen) atoms. The monoisotopic (exact) mass is 510 g/mol. The van der Waals surface area contributed by atoms with Crippen LogP contribution in [0.25, 0.3) is 5.76 Å². The van der Waals surface area contributed by atoms with E-state index in [9.17, 15) is 14.7 Å². The summed E-state index contributed by atoms with van der Waals surface area (Å²) in [6.07, 6.45) is 0. The molecule has 8 heteroatoms. The van der Waals surface area contributed by atoms with E-state index in [1.54, 1.807) is 12.1 Å². The second kappa shape index (κ2) is 9.13. The molecule has 0 unspecified atom stereocenters. The fraction of sp³-hybridized carbons (Fsp3) is 0.296. The molecule has 1 N–H and O–H groups in total. The third-order valence-electron chi connectivity index (χ3n) is 6.19. The van der Waals surface area contributed by atoms with Crippen molar-refractivity contribution >= 4 is 45.5 Å². The summed E-state index contributed by atoms with van der Waals surface area (Å²) in [5.41, 5.74) is 2.84. The van der Waals surface area contributed by atoms with Gasteiger partial charge in [0.25, 0.3) is 5.78 Å². The van der Waals surface area contributed by atoms with E-state index in [1.807, 2.05) is 38.1 Å². The Hall–Kier alpha value is -3.16. The minimum Gasteiger partial charge on any atom is -0.507 e. The number of methoxy groups -OCH3 is 1. The van der Waals surface area contributed by atoms with Crippen molar-refractivity contribution in [2.24, 2.45) is 0 Å². The van der Waals surface area contributed by atoms with Crippen LogP contribution in [0.3, 0.4) is 0 Å². The Balaban J connectivity index is 1.93. The lowest BCUT2D eigenvalue weighted by Gasteiger charge is -2.25. The van der Waals surface area contributed by atoms with Gasteiger partial charge in [0.05, 0.1) is 29.4 Å². The molecule has 0 aliphatic carbocycles. The molecule has 1 fully saturated rings. The van der Waals surface area contributed by atoms with Crippen LogP contribution in [0.1, 0.15) is 54.1 Å². The van der Waals surface area contributed by atoms with Crippen LogP contribution in [0.15, 0.2) is 48.0 Å². The lowest BCUT2D eigenvalue weighted by molar-refractivity contribution is -0.132. The Morgan fingerprint density at radius 3 is 2.29 bits per heavy atom. The summed E-state index contributed by atoms with van der Waals surface area (Å²) in [5, 5.41) is 12.0. The molecule has 1 aromatic heterocycles. The van der Waals surface area contributed by atoms with Crippen LogP contribution in [0.2, 0.25) is 5.02 Å². The van der Waals surface area contributed by atoms with Crippen LogP contribution < -0.4 is 9.64 Å². The van der Waals surface area contributed by atoms with Crippen molar-refractivity contribution in [3.8, 4) is 5.75 Å². The molecule has 1 aliphatic heterocycles. The van der Waals surface area contributed by atoms with Crippen LogP contribution in [-0.2, 0) is 15.0 Å². The highest BCUT2D eigenvalue weighted by molar-refractivity contribution is 7.16. The van der Waals surface area contributed by atoms with Crippen molar-refractivity contribution in [2.75, 3.05) is 12.0 Å². The summed E-state index contributed by atoms with van der Waals surface area (Å²) in [6.45, 7) is 10.1. The summed E-state index contributed by atoms with van der Waals surface area (Å²) in [5.74, 6) is -1.37. The Kier molecular flexibility index (Phi) is 6.51. The Morgan fingerprint density at radius 2 is 1.77 bits per heavy atom. The van der Waals surface area contributed by atoms with Gasteiger partial charge in [0, 0.05) is 10.4 Å². The summed E-state index contributed by atoms with van der Waals surface area (Å²) in [7, 11) is 1.49. The molecule has 4 rings (SSSR count). The molecule has 2 aromatic carbocycles. The van der Waals surface area contributed by atoms with E-state index in [1.165, 1.54) is 29.4 Å². The van der Waals surface area contributed by atoms with Crippen molar-refractivity contribution in [3.63, 3.8) is 0 Å². The normalized spacial score (nSPS) is 17.8. The van der Waals surface area contributed by atoms with E-state index >= 15 is 0 Å². The first kappa shape index (κ1) is 24.9. The molecule has 1 amide bonds. The smallest absolute Gasteiger partial charge is 0.301 e. The van der Waals surface area contributed by atoms with E-state index in [0.717, 1.165) is 16.1 Å². The zero-order valence-electron chi connectivity index (χ0n) is 20.5. The summed E-state index contributed by atoms with van der Waals surface area (Å²) in [4.78, 5) is 33.5. The van der Waals surface area contributed by atoms with Crippen molar-refractivity contribution in [1.82, 2.24) is 4.98 Å². The number of nitrogens with zero attached hydrogens (tertiary/aromatic N) is 2. The standard InChI is InChI=1S/C27H27ClN2O4S/c1-14-15(2)35-26(29-14)30-22(16-7-10-18(11-8-16)27(3,4)5)21(24(32)25(30)33)23(31)17-9-12-20(34-6)19(28)13-17/h7-13,22,31H,1-6H3/t22-/m0/s1. The van der Waals surface area contributed by atoms with Gasteiger partial charge in [-0.2, -0.15) is 0 Å². The first-order chi connectivity index (χ1) is 16.4. The number of hydrogen-bond donors (Lipinski definition) is 1. The fourth-order valence-electron chi connectivity index (χ4n) is 4.04. The molecule has 1 aliphatic rings. The van der Waals surface area contributed by atoms with Crippen molar-refractivity contribution in [1.29, 1.82) is 0 Å². The summed E-state index contributed by atoms with van der Waals surface area (Å²) in [6, 6.07) is 11.6. The first-order valence-electron chi connectivity index (χ1n) is 11.1. The molecule has 1 atom stereocenters. The van der Waals surface area contributed by atoms with Gasteiger partial charge in [0.2, 0.25) is 0 Å². The number of hydrogen-bond acceptors (Lipinski definition) is 6. The van der Waals surface area contributed by atoms with Crippen molar-refractivity contribution in [3.05, 3.63) is 80.3 Å². The maximum atomic E-state index is 13.3. The molecule has 182 valence electrons. The number of ether oxygens (including phenoxy) is 1. The average Bonchev–Trinajstić information content (AvgIpc) is 3.27. The highest BCUT2D eigenvalue weighted by Gasteiger charge is 2.48. The molecular formula is C27H27ClN2O4S. The van der Waals surface area contributed by atoms with Gasteiger partial charge in [-0.3, -0.25) is 14.5 Å². The Morgan fingerprint density at radius 1 is 1.11 bits per heavy atom. The molecule has 0 bridgehead atoms. The van der Waals surface area contributed by atoms with Gasteiger partial charge in [-0.25, -0.2) is 4.98 Å². The minimum atomic E-state index is -0.838. The third-order valence-corrected chi connectivity index (χ3v) is 7.55. The van der Waals surface area contributed by atoms with Crippen LogP contribution in [-0.4, -0.2) is 28.9 Å². The summed E-state index contributed by atoms with van der Waals surface area (Å²) >= 11 is 7.61. The van der Waals surface area contributed by atoms with Gasteiger partial charge in [0.15, 0.2) is 5.13 Å². The number of amides is 1. The number of anilines is 1. The molecule has 0 radical (unpaired) electrons. The number of aliphatic hydroxyl groups excluding tert-OH is 1. The predicted molar refractivity (Wildman–Crippen MR) is 140 cm³/mol. The van der Waals surface area contributed by atoms with Crippen LogP contribution in [0.4, 0.5) is 5.13 Å². The number of ketones is 1. The molecule has 1 saturated heterocycles. The van der Waals surface area contributed by atoms with Gasteiger partial charge in [0.1, 0.15) is 11.5 Å². The molecule has 0 saturated carbocycles. The Bertz CT molecular complexity index is 1330. The van der Waals surface area contributed by atoms with Gasteiger partial charge in [-0.15, -0.1) is 11.3 Å². The fourth-order valence-corrected chi connectivity index (χ4v) is 5.23. The van der Waals surface area contributed by atoms with Gasteiger partial charge < -0.3 is 9.84 Å². The SMILES string of the molecule is COc1ccc(C(O)=C2C(=O)C(=O)N(c3nc(C)c(C)s3)[C@H]2c2ccc(C(C)(C)C)cc2)cc1Cl. The van der Waals surface area contributed by atoms with E-state index in [4.69, 9.17) is 16.3 Å². The Labute approximate surface area is 213 Å². The number of carbonyl (C=O) groups is 2. The molecule has 2 heterocycles. The molecule has 3 aromatic rings. The number of benzene rings is 2. The maximum Gasteiger partial charge on any atom is 0.301 e. The minimum absolute atomic E-state index is 0.00903. The largest absolute Gasteiger partial charge is 0.507 e. The topological polar surface area (TPSA) is 79.7 Å². The van der Waals surface area contributed by atoms with E-state index in [2.05, 4.69) is 25.8 Å². The van der Waals surface area contributed by atoms with E-state index in [0.29, 0.717) is 22.0 Å². The number of aromatic nitrogens is 1. The van der Waals surface area contributed by atoms with Gasteiger partial charge in [-0.05, 0) is 48.6 Å². The lowest BCUT2D eigenvalue weighted by Crippen LogP contribution is -2.29. The number of halogens is 1. The number of Topliss-reactive ketones (excluding diaryl/α,β-unsaturated/α-hetero) is 1. The number of carbonyl (C=O) groups excluding carboxylic acids is 2. The zero-order valence-corrected chi connectivity index (χ0v) is 22.0. The second-order valence-corrected chi connectivity index (χ2v) is 11.1. The second-order valence-electron chi connectivity index (χ2n) is 9.53. The zero-order chi connectivity index (χ0) is 25.7. The highest BCUT2D eigenvalue weighted by atomic mass is 35.5. The molecule has 0 spiro atoms. The van der Waals surface area contributed by atoms with Gasteiger partial charge in [-0.1, -0.05) is 56.6 Å². The van der Waals surface area contributed by atoms with E-state index < -0.39 is 17.7 Å². The number of aliphatic hydroxyl groups is 1. The number of aryl methyl sites for hydroxylation is 2. The predicted octanol–water partition coefficient (Wildman–Crippen LogP) is 6.35. The average molecular weight is 511 g/mol. The lowest BCUT2D eigenvalue weighted by atomic mass is 9.85. The van der Waals surface area contributed by atoms with E-state index in [-0.39, 0.29) is 21.8 Å². The number of rotatable bonds is 4. The quantitative estimate of drug-likeness (QED) is 0.251. The van der Waals surface area contributed by atoms with Crippen LogP contribution >= 0.6 is 22.9 Å². The summed E-state index contributed by atoms with van der Waals surface area (Å²) < 4.78 is 5.19. The van der Waals surface area contributed by atoms with Crippen molar-refractivity contribution in [2.45, 2.75) is 46.1 Å². The maximum absolute atomic E-state index is 13.3. The van der Waals surface area contributed by atoms with Crippen LogP contribution in [0, 0.1) is 13.8 Å². The van der Waals surface area contributed by atoms with Crippen LogP contribution in [0.5, 0.6) is 5.75 Å². The third kappa shape index (κ3) is 4.46. The highest BCUT2D eigenvalue weighted by Crippen LogP contribution is 2.44.